The Morgan fingerprint density at radius 3 is 2.67 bits per heavy atom. The Morgan fingerprint density at radius 1 is 1.19 bits per heavy atom. The number of nitrogens with one attached hydrogen (secondary N) is 2. The smallest absolute Gasteiger partial charge is 0.327 e. The van der Waals surface area contributed by atoms with Crippen LogP contribution in [-0.4, -0.2) is 23.5 Å². The molecule has 0 radical (unpaired) electrons. The number of carbonyl (C=O) groups is 2. The predicted molar refractivity (Wildman–Crippen MR) is 129 cm³/mol. The zero-order valence-electron chi connectivity index (χ0n) is 17.8. The zero-order chi connectivity index (χ0) is 25.9. The Bertz CT molecular complexity index is 1450. The number of hydrogen-bond acceptors (Lipinski definition) is 3. The molecule has 5 rings (SSSR count). The number of urea groups is 1. The molecule has 2 aliphatic heterocycles. The lowest BCUT2D eigenvalue weighted by Crippen LogP contribution is -2.46. The Kier molecular flexibility index (Phi) is 6.12. The maximum Gasteiger partial charge on any atom is 0.416 e. The lowest BCUT2D eigenvalue weighted by molar-refractivity contribution is -0.137. The largest absolute Gasteiger partial charge is 0.416 e. The van der Waals surface area contributed by atoms with Crippen molar-refractivity contribution in [1.29, 1.82) is 0 Å². The van der Waals surface area contributed by atoms with E-state index in [0.29, 0.717) is 52.5 Å². The van der Waals surface area contributed by atoms with Crippen molar-refractivity contribution in [2.75, 3.05) is 16.8 Å². The summed E-state index contributed by atoms with van der Waals surface area (Å²) in [6.07, 6.45) is -2.99. The van der Waals surface area contributed by atoms with Gasteiger partial charge >= 0.3 is 12.2 Å². The Hall–Kier alpha value is -2.89. The molecule has 2 aromatic carbocycles. The van der Waals surface area contributed by atoms with Crippen LogP contribution in [0.4, 0.5) is 33.7 Å². The highest BCUT2D eigenvalue weighted by Crippen LogP contribution is 2.49. The van der Waals surface area contributed by atoms with Crippen LogP contribution in [0.1, 0.15) is 38.7 Å². The summed E-state index contributed by atoms with van der Waals surface area (Å²) in [6, 6.07) is 3.38. The van der Waals surface area contributed by atoms with E-state index in [2.05, 4.69) is 31.5 Å². The first kappa shape index (κ1) is 24.8. The van der Waals surface area contributed by atoms with E-state index in [4.69, 9.17) is 23.2 Å². The van der Waals surface area contributed by atoms with E-state index in [-0.39, 0.29) is 15.9 Å². The molecule has 3 heterocycles. The van der Waals surface area contributed by atoms with Crippen molar-refractivity contribution in [1.82, 2.24) is 10.3 Å². The highest BCUT2D eigenvalue weighted by molar-refractivity contribution is 9.10. The molecule has 3 aromatic rings. The number of alkyl halides is 3. The molecule has 0 saturated carbocycles. The standard InChI is InChI=1S/C23H13BrCl2F4N4O2/c24-14-7-16(32-21(35)9-3-10(23(28,29)30)5-11(27)4-9)18-19(13-6-17(26)31-8-15(13)25)33-22(36)34-2-1-12(14)20(18)34/h3-8,19H,1-2H2,(H,32,35)(H,33,36). The van der Waals surface area contributed by atoms with Crippen LogP contribution in [0.15, 0.2) is 41.0 Å². The van der Waals surface area contributed by atoms with E-state index in [1.54, 1.807) is 6.07 Å². The molecule has 36 heavy (non-hydrogen) atoms. The number of benzene rings is 2. The van der Waals surface area contributed by atoms with Crippen LogP contribution in [0.2, 0.25) is 10.2 Å². The monoisotopic (exact) mass is 602 g/mol. The Balaban J connectivity index is 1.65. The van der Waals surface area contributed by atoms with E-state index in [9.17, 15) is 27.2 Å². The Morgan fingerprint density at radius 2 is 1.94 bits per heavy atom. The summed E-state index contributed by atoms with van der Waals surface area (Å²) in [5, 5.41) is 5.74. The summed E-state index contributed by atoms with van der Waals surface area (Å²) in [5.74, 6) is -2.18. The van der Waals surface area contributed by atoms with Crippen LogP contribution >= 0.6 is 39.1 Å². The number of amides is 3. The maximum absolute atomic E-state index is 13.9. The molecule has 186 valence electrons. The molecular formula is C23H13BrCl2F4N4O2. The van der Waals surface area contributed by atoms with Gasteiger partial charge in [-0.1, -0.05) is 39.1 Å². The predicted octanol–water partition coefficient (Wildman–Crippen LogP) is 6.74. The van der Waals surface area contributed by atoms with Gasteiger partial charge in [-0.2, -0.15) is 13.2 Å². The molecular weight excluding hydrogens is 591 g/mol. The number of nitrogens with zero attached hydrogens (tertiary/aromatic N) is 2. The fourth-order valence-electron chi connectivity index (χ4n) is 4.41. The van der Waals surface area contributed by atoms with Gasteiger partial charge in [-0.15, -0.1) is 0 Å². The fraction of sp³-hybridized carbons (Fsp3) is 0.174. The van der Waals surface area contributed by atoms with Crippen molar-refractivity contribution in [3.8, 4) is 0 Å². The summed E-state index contributed by atoms with van der Waals surface area (Å²) >= 11 is 15.9. The molecule has 6 nitrogen and oxygen atoms in total. The van der Waals surface area contributed by atoms with Crippen molar-refractivity contribution in [3.63, 3.8) is 0 Å². The third kappa shape index (κ3) is 4.29. The van der Waals surface area contributed by atoms with E-state index < -0.39 is 41.1 Å². The van der Waals surface area contributed by atoms with Crippen molar-refractivity contribution in [3.05, 3.63) is 84.8 Å². The van der Waals surface area contributed by atoms with Gasteiger partial charge in [0, 0.05) is 39.6 Å². The van der Waals surface area contributed by atoms with Gasteiger partial charge in [-0.3, -0.25) is 9.69 Å². The second kappa shape index (κ2) is 8.89. The van der Waals surface area contributed by atoms with E-state index in [1.807, 2.05) is 0 Å². The quantitative estimate of drug-likeness (QED) is 0.257. The molecule has 0 fully saturated rings. The normalized spacial score (nSPS) is 16.6. The fourth-order valence-corrected chi connectivity index (χ4v) is 5.40. The molecule has 0 spiro atoms. The SMILES string of the molecule is O=C(Nc1cc(Br)c2c3c1C(c1cc(Cl)ncc1Cl)NC(=O)N3CC2)c1cc(F)cc(C(F)(F)F)c1. The van der Waals surface area contributed by atoms with E-state index in [0.717, 1.165) is 5.56 Å². The zero-order valence-corrected chi connectivity index (χ0v) is 20.9. The average Bonchev–Trinajstić information content (AvgIpc) is 3.25. The lowest BCUT2D eigenvalue weighted by Gasteiger charge is -2.35. The lowest BCUT2D eigenvalue weighted by atomic mass is 9.92. The number of pyridine rings is 1. The third-order valence-electron chi connectivity index (χ3n) is 5.95. The number of carbonyl (C=O) groups excluding carboxylic acids is 2. The molecule has 1 atom stereocenters. The number of rotatable bonds is 3. The maximum atomic E-state index is 13.9. The molecule has 2 aliphatic rings. The van der Waals surface area contributed by atoms with Crippen LogP contribution in [0.5, 0.6) is 0 Å². The number of anilines is 2. The minimum atomic E-state index is -4.84. The topological polar surface area (TPSA) is 74.3 Å². The first-order valence-electron chi connectivity index (χ1n) is 10.4. The number of hydrogen-bond donors (Lipinski definition) is 2. The van der Waals surface area contributed by atoms with E-state index in [1.165, 1.54) is 17.2 Å². The summed E-state index contributed by atoms with van der Waals surface area (Å²) in [4.78, 5) is 31.4. The molecule has 1 unspecified atom stereocenters. The van der Waals surface area contributed by atoms with Crippen molar-refractivity contribution in [2.45, 2.75) is 18.6 Å². The van der Waals surface area contributed by atoms with Gasteiger partial charge in [0.2, 0.25) is 0 Å². The van der Waals surface area contributed by atoms with Gasteiger partial charge in [0.1, 0.15) is 11.0 Å². The third-order valence-corrected chi connectivity index (χ3v) is 7.18. The highest BCUT2D eigenvalue weighted by atomic mass is 79.9. The van der Waals surface area contributed by atoms with Crippen LogP contribution in [0.3, 0.4) is 0 Å². The summed E-state index contributed by atoms with van der Waals surface area (Å²) < 4.78 is 54.1. The van der Waals surface area contributed by atoms with Gasteiger partial charge in [-0.25, -0.2) is 14.2 Å². The second-order valence-corrected chi connectivity index (χ2v) is 9.79. The van der Waals surface area contributed by atoms with Crippen LogP contribution in [-0.2, 0) is 12.6 Å². The number of aromatic nitrogens is 1. The van der Waals surface area contributed by atoms with Crippen molar-refractivity contribution >= 4 is 62.4 Å². The Labute approximate surface area is 219 Å². The average molecular weight is 604 g/mol. The molecule has 3 amide bonds. The highest BCUT2D eigenvalue weighted by Gasteiger charge is 2.40. The molecule has 1 aromatic heterocycles. The van der Waals surface area contributed by atoms with Crippen LogP contribution in [0.25, 0.3) is 0 Å². The number of halogens is 7. The summed E-state index contributed by atoms with van der Waals surface area (Å²) in [5.41, 5.74) is 0.571. The summed E-state index contributed by atoms with van der Waals surface area (Å²) in [6.45, 7) is 0.376. The van der Waals surface area contributed by atoms with Gasteiger partial charge < -0.3 is 10.6 Å². The van der Waals surface area contributed by atoms with Gasteiger partial charge in [-0.05, 0) is 42.3 Å². The summed E-state index contributed by atoms with van der Waals surface area (Å²) in [7, 11) is 0. The second-order valence-electron chi connectivity index (χ2n) is 8.14. The molecule has 0 saturated heterocycles. The van der Waals surface area contributed by atoms with Gasteiger partial charge in [0.15, 0.2) is 0 Å². The molecule has 13 heteroatoms. The van der Waals surface area contributed by atoms with Crippen molar-refractivity contribution in [2.24, 2.45) is 0 Å². The minimum Gasteiger partial charge on any atom is -0.327 e. The minimum absolute atomic E-state index is 0.116. The first-order chi connectivity index (χ1) is 16.9. The van der Waals surface area contributed by atoms with Crippen LogP contribution < -0.4 is 15.5 Å². The molecule has 2 N–H and O–H groups in total. The van der Waals surface area contributed by atoms with E-state index >= 15 is 0 Å². The molecule has 0 bridgehead atoms. The molecule has 0 aliphatic carbocycles. The van der Waals surface area contributed by atoms with Gasteiger partial charge in [0.25, 0.3) is 5.91 Å². The van der Waals surface area contributed by atoms with Crippen molar-refractivity contribution < 1.29 is 27.2 Å². The first-order valence-corrected chi connectivity index (χ1v) is 11.9. The van der Waals surface area contributed by atoms with Crippen LogP contribution in [0, 0.1) is 5.82 Å². The van der Waals surface area contributed by atoms with Gasteiger partial charge in [0.05, 0.1) is 22.3 Å².